The van der Waals surface area contributed by atoms with Crippen molar-refractivity contribution in [1.82, 2.24) is 0 Å². The molecule has 222 valence electrons. The number of unbranched alkanes of at least 4 members (excludes halogenated alkanes) is 1. The highest BCUT2D eigenvalue weighted by Crippen LogP contribution is 2.42. The van der Waals surface area contributed by atoms with Gasteiger partial charge in [-0.15, -0.1) is 0 Å². The summed E-state index contributed by atoms with van der Waals surface area (Å²) in [5, 5.41) is 0. The van der Waals surface area contributed by atoms with E-state index in [-0.39, 0.29) is 44.3 Å². The van der Waals surface area contributed by atoms with Crippen molar-refractivity contribution in [3.05, 3.63) is 83.9 Å². The summed E-state index contributed by atoms with van der Waals surface area (Å²) >= 11 is 0. The molecule has 0 spiro atoms. The van der Waals surface area contributed by atoms with Crippen molar-refractivity contribution in [2.75, 3.05) is 31.8 Å². The van der Waals surface area contributed by atoms with Gasteiger partial charge in [0.05, 0.1) is 39.0 Å². The predicted octanol–water partition coefficient (Wildman–Crippen LogP) is 5.28. The lowest BCUT2D eigenvalue weighted by molar-refractivity contribution is -0.151. The zero-order valence-electron chi connectivity index (χ0n) is 24.1. The van der Waals surface area contributed by atoms with Crippen LogP contribution in [0.2, 0.25) is 0 Å². The van der Waals surface area contributed by atoms with E-state index in [0.717, 1.165) is 30.6 Å². The Morgan fingerprint density at radius 1 is 0.881 bits per heavy atom. The third-order valence-corrected chi connectivity index (χ3v) is 6.77. The number of fused-ring (bicyclic) bond motifs is 1. The normalized spacial score (nSPS) is 13.9. The molecule has 3 aromatic rings. The maximum Gasteiger partial charge on any atom is 0.349 e. The van der Waals surface area contributed by atoms with Crippen molar-refractivity contribution in [1.29, 1.82) is 0 Å². The molecule has 1 unspecified atom stereocenters. The molecule has 0 aromatic heterocycles. The van der Waals surface area contributed by atoms with E-state index in [2.05, 4.69) is 29.0 Å². The van der Waals surface area contributed by atoms with E-state index in [4.69, 9.17) is 18.9 Å². The number of nitrogens with zero attached hydrogens (tertiary/aromatic N) is 1. The lowest BCUT2D eigenvalue weighted by Gasteiger charge is -2.34. The van der Waals surface area contributed by atoms with Crippen LogP contribution in [0.25, 0.3) is 0 Å². The van der Waals surface area contributed by atoms with Gasteiger partial charge in [0.2, 0.25) is 12.0 Å². The quantitative estimate of drug-likeness (QED) is 0.189. The summed E-state index contributed by atoms with van der Waals surface area (Å²) in [5.74, 6) is 0.0220. The van der Waals surface area contributed by atoms with E-state index in [1.807, 2.05) is 30.3 Å². The highest BCUT2D eigenvalue weighted by Gasteiger charge is 2.36. The fourth-order valence-corrected chi connectivity index (χ4v) is 4.54. The van der Waals surface area contributed by atoms with E-state index in [9.17, 15) is 14.4 Å². The first-order chi connectivity index (χ1) is 20.5. The fraction of sp³-hybridized carbons (Fsp3) is 0.364. The summed E-state index contributed by atoms with van der Waals surface area (Å²) in [7, 11) is 1.27. The Kier molecular flexibility index (Phi) is 11.2. The number of esters is 2. The Labute approximate surface area is 246 Å². The van der Waals surface area contributed by atoms with E-state index in [1.165, 1.54) is 17.6 Å². The third-order valence-electron chi connectivity index (χ3n) is 6.77. The molecule has 1 atom stereocenters. The standard InChI is InChI=1S/C33H37NO8/c1-3-39-33(37)29-22-34(30(35)19-20-31(36)38-2)27-13-9-14-28(32(27)42-29)41-23-25-15-17-26(18-16-25)40-21-8-7-12-24-10-5-4-6-11-24/h4-6,9-11,13-18,29H,3,7-8,12,19-23H2,1-2H3. The monoisotopic (exact) mass is 575 g/mol. The summed E-state index contributed by atoms with van der Waals surface area (Å²) in [6.45, 7) is 2.71. The topological polar surface area (TPSA) is 101 Å². The molecule has 0 radical (unpaired) electrons. The van der Waals surface area contributed by atoms with E-state index >= 15 is 0 Å². The molecule has 1 aliphatic heterocycles. The van der Waals surface area contributed by atoms with Crippen molar-refractivity contribution >= 4 is 23.5 Å². The molecule has 0 aliphatic carbocycles. The highest BCUT2D eigenvalue weighted by atomic mass is 16.6. The lowest BCUT2D eigenvalue weighted by atomic mass is 10.1. The number of anilines is 1. The Balaban J connectivity index is 1.36. The van der Waals surface area contributed by atoms with Crippen molar-refractivity contribution in [2.45, 2.75) is 51.7 Å². The van der Waals surface area contributed by atoms with Crippen LogP contribution in [0.3, 0.4) is 0 Å². The van der Waals surface area contributed by atoms with Gasteiger partial charge in [0, 0.05) is 6.42 Å². The number of para-hydroxylation sites is 1. The number of carbonyl (C=O) groups is 3. The van der Waals surface area contributed by atoms with Gasteiger partial charge in [-0.3, -0.25) is 9.59 Å². The van der Waals surface area contributed by atoms with Gasteiger partial charge in [0.15, 0.2) is 11.5 Å². The molecule has 0 bridgehead atoms. The number of hydrogen-bond acceptors (Lipinski definition) is 8. The van der Waals surface area contributed by atoms with Crippen molar-refractivity contribution in [2.24, 2.45) is 0 Å². The van der Waals surface area contributed by atoms with E-state index in [0.29, 0.717) is 18.0 Å². The molecule has 0 N–H and O–H groups in total. The van der Waals surface area contributed by atoms with Crippen LogP contribution < -0.4 is 19.1 Å². The number of rotatable bonds is 14. The SMILES string of the molecule is CCOC(=O)C1CN(C(=O)CCC(=O)OC)c2cccc(OCc3ccc(OCCCCc4ccccc4)cc3)c2O1. The first-order valence-electron chi connectivity index (χ1n) is 14.2. The number of hydrogen-bond donors (Lipinski definition) is 0. The van der Waals surface area contributed by atoms with Crippen molar-refractivity contribution in [3.63, 3.8) is 0 Å². The molecule has 3 aromatic carbocycles. The molecule has 42 heavy (non-hydrogen) atoms. The molecule has 1 aliphatic rings. The number of aryl methyl sites for hydroxylation is 1. The lowest BCUT2D eigenvalue weighted by Crippen LogP contribution is -2.47. The van der Waals surface area contributed by atoms with Crippen molar-refractivity contribution < 1.29 is 38.1 Å². The fourth-order valence-electron chi connectivity index (χ4n) is 4.54. The summed E-state index contributed by atoms with van der Waals surface area (Å²) in [6.07, 6.45) is 1.88. The van der Waals surface area contributed by atoms with Crippen LogP contribution in [-0.2, 0) is 36.9 Å². The second-order valence-electron chi connectivity index (χ2n) is 9.77. The molecule has 1 amide bonds. The summed E-state index contributed by atoms with van der Waals surface area (Å²) in [6, 6.07) is 23.3. The maximum atomic E-state index is 13.1. The second kappa shape index (κ2) is 15.5. The Morgan fingerprint density at radius 2 is 1.67 bits per heavy atom. The molecule has 9 heteroatoms. The second-order valence-corrected chi connectivity index (χ2v) is 9.77. The van der Waals surface area contributed by atoms with Crippen LogP contribution in [-0.4, -0.2) is 50.8 Å². The third kappa shape index (κ3) is 8.49. The van der Waals surface area contributed by atoms with Gasteiger partial charge in [0.25, 0.3) is 0 Å². The zero-order chi connectivity index (χ0) is 29.7. The highest BCUT2D eigenvalue weighted by molar-refractivity contribution is 5.98. The number of amides is 1. The molecule has 9 nitrogen and oxygen atoms in total. The minimum Gasteiger partial charge on any atom is -0.494 e. The first kappa shape index (κ1) is 30.4. The molecule has 0 saturated heterocycles. The van der Waals surface area contributed by atoms with Crippen molar-refractivity contribution in [3.8, 4) is 17.2 Å². The minimum absolute atomic E-state index is 0.0387. The summed E-state index contributed by atoms with van der Waals surface area (Å²) < 4.78 is 27.8. The Hall–Kier alpha value is -4.53. The zero-order valence-corrected chi connectivity index (χ0v) is 24.1. The summed E-state index contributed by atoms with van der Waals surface area (Å²) in [4.78, 5) is 38.7. The molecule has 4 rings (SSSR count). The van der Waals surface area contributed by atoms with Crippen LogP contribution in [0.15, 0.2) is 72.8 Å². The van der Waals surface area contributed by atoms with Gasteiger partial charge < -0.3 is 28.6 Å². The van der Waals surface area contributed by atoms with Crippen LogP contribution in [0.4, 0.5) is 5.69 Å². The number of benzene rings is 3. The predicted molar refractivity (Wildman–Crippen MR) is 157 cm³/mol. The number of methoxy groups -OCH3 is 1. The average Bonchev–Trinajstić information content (AvgIpc) is 3.02. The average molecular weight is 576 g/mol. The Bertz CT molecular complexity index is 1330. The molecule has 0 saturated carbocycles. The van der Waals surface area contributed by atoms with Crippen LogP contribution >= 0.6 is 0 Å². The molecule has 1 heterocycles. The first-order valence-corrected chi connectivity index (χ1v) is 14.2. The Morgan fingerprint density at radius 3 is 2.40 bits per heavy atom. The van der Waals surface area contributed by atoms with E-state index in [1.54, 1.807) is 25.1 Å². The molecular formula is C33H37NO8. The maximum absolute atomic E-state index is 13.1. The van der Waals surface area contributed by atoms with Crippen LogP contribution in [0.5, 0.6) is 17.2 Å². The van der Waals surface area contributed by atoms with Gasteiger partial charge in [-0.2, -0.15) is 0 Å². The number of carbonyl (C=O) groups excluding carboxylic acids is 3. The summed E-state index contributed by atoms with van der Waals surface area (Å²) in [5.41, 5.74) is 2.70. The smallest absolute Gasteiger partial charge is 0.349 e. The van der Waals surface area contributed by atoms with Crippen LogP contribution in [0.1, 0.15) is 43.7 Å². The number of ether oxygens (including phenoxy) is 5. The van der Waals surface area contributed by atoms with Gasteiger partial charge in [-0.25, -0.2) is 4.79 Å². The minimum atomic E-state index is -1.03. The van der Waals surface area contributed by atoms with Crippen LogP contribution in [0, 0.1) is 0 Å². The van der Waals surface area contributed by atoms with Gasteiger partial charge in [0.1, 0.15) is 12.4 Å². The van der Waals surface area contributed by atoms with E-state index < -0.39 is 18.0 Å². The van der Waals surface area contributed by atoms with Gasteiger partial charge in [-0.05, 0) is 61.6 Å². The molecular weight excluding hydrogens is 538 g/mol. The largest absolute Gasteiger partial charge is 0.494 e. The molecule has 0 fully saturated rings. The van der Waals surface area contributed by atoms with Gasteiger partial charge in [-0.1, -0.05) is 48.5 Å². The van der Waals surface area contributed by atoms with Gasteiger partial charge >= 0.3 is 11.9 Å².